The number of ether oxygens (including phenoxy) is 1. The van der Waals surface area contributed by atoms with Gasteiger partial charge in [0.2, 0.25) is 0 Å². The van der Waals surface area contributed by atoms with Gasteiger partial charge in [-0.2, -0.15) is 0 Å². The Bertz CT molecular complexity index is 256. The van der Waals surface area contributed by atoms with Crippen LogP contribution < -0.4 is 0 Å². The molecule has 0 N–H and O–H groups in total. The van der Waals surface area contributed by atoms with Gasteiger partial charge in [0.15, 0.2) is 0 Å². The molecule has 0 bridgehead atoms. The molecule has 0 aromatic rings. The van der Waals surface area contributed by atoms with Gasteiger partial charge in [0.25, 0.3) is 0 Å². The SMILES string of the molecule is CCCCCC=CCCC(=O)OCCCCCCC(C)C. The van der Waals surface area contributed by atoms with Crippen molar-refractivity contribution in [3.63, 3.8) is 0 Å². The molecule has 0 amide bonds. The van der Waals surface area contributed by atoms with E-state index < -0.39 is 0 Å². The third-order valence-electron chi connectivity index (χ3n) is 3.60. The van der Waals surface area contributed by atoms with E-state index in [9.17, 15) is 4.79 Å². The molecule has 0 aliphatic rings. The maximum atomic E-state index is 11.5. The highest BCUT2D eigenvalue weighted by atomic mass is 16.5. The molecule has 21 heavy (non-hydrogen) atoms. The number of allylic oxidation sites excluding steroid dienone is 2. The first-order valence-electron chi connectivity index (χ1n) is 8.97. The molecule has 0 heterocycles. The molecule has 0 aromatic carbocycles. The Balaban J connectivity index is 3.27. The lowest BCUT2D eigenvalue weighted by molar-refractivity contribution is -0.143. The normalized spacial score (nSPS) is 11.4. The Morgan fingerprint density at radius 2 is 1.67 bits per heavy atom. The monoisotopic (exact) mass is 296 g/mol. The zero-order chi connectivity index (χ0) is 15.8. The van der Waals surface area contributed by atoms with E-state index in [1.54, 1.807) is 0 Å². The molecule has 0 rings (SSSR count). The summed E-state index contributed by atoms with van der Waals surface area (Å²) in [6.07, 6.45) is 16.7. The Morgan fingerprint density at radius 1 is 0.952 bits per heavy atom. The largest absolute Gasteiger partial charge is 0.466 e. The van der Waals surface area contributed by atoms with Crippen molar-refractivity contribution < 1.29 is 9.53 Å². The average Bonchev–Trinajstić information content (AvgIpc) is 2.45. The number of unbranched alkanes of at least 4 members (excludes halogenated alkanes) is 6. The van der Waals surface area contributed by atoms with E-state index in [2.05, 4.69) is 32.9 Å². The number of hydrogen-bond acceptors (Lipinski definition) is 2. The number of esters is 1. The van der Waals surface area contributed by atoms with E-state index in [1.165, 1.54) is 44.9 Å². The minimum absolute atomic E-state index is 0.0459. The van der Waals surface area contributed by atoms with Crippen LogP contribution in [0.15, 0.2) is 12.2 Å². The molecule has 0 fully saturated rings. The zero-order valence-electron chi connectivity index (χ0n) is 14.5. The van der Waals surface area contributed by atoms with E-state index >= 15 is 0 Å². The fourth-order valence-electron chi connectivity index (χ4n) is 2.22. The third-order valence-corrected chi connectivity index (χ3v) is 3.60. The molecule has 0 spiro atoms. The Labute approximate surface area is 132 Å². The van der Waals surface area contributed by atoms with Gasteiger partial charge in [0.1, 0.15) is 0 Å². The van der Waals surface area contributed by atoms with Crippen LogP contribution >= 0.6 is 0 Å². The minimum atomic E-state index is -0.0459. The summed E-state index contributed by atoms with van der Waals surface area (Å²) in [5.74, 6) is 0.758. The Kier molecular flexibility index (Phi) is 15.0. The first-order valence-corrected chi connectivity index (χ1v) is 8.97. The summed E-state index contributed by atoms with van der Waals surface area (Å²) in [5, 5.41) is 0. The summed E-state index contributed by atoms with van der Waals surface area (Å²) in [6.45, 7) is 7.34. The molecule has 2 nitrogen and oxygen atoms in total. The molecule has 0 saturated carbocycles. The van der Waals surface area contributed by atoms with Crippen LogP contribution in [-0.4, -0.2) is 12.6 Å². The van der Waals surface area contributed by atoms with Crippen LogP contribution in [0.4, 0.5) is 0 Å². The van der Waals surface area contributed by atoms with E-state index in [1.807, 2.05) is 0 Å². The molecule has 0 radical (unpaired) electrons. The second-order valence-electron chi connectivity index (χ2n) is 6.32. The van der Waals surface area contributed by atoms with E-state index in [0.29, 0.717) is 13.0 Å². The summed E-state index contributed by atoms with van der Waals surface area (Å²) in [4.78, 5) is 11.5. The first-order chi connectivity index (χ1) is 10.2. The maximum Gasteiger partial charge on any atom is 0.306 e. The van der Waals surface area contributed by atoms with Crippen molar-refractivity contribution in [3.8, 4) is 0 Å². The highest BCUT2D eigenvalue weighted by Gasteiger charge is 2.01. The lowest BCUT2D eigenvalue weighted by Gasteiger charge is -2.05. The highest BCUT2D eigenvalue weighted by Crippen LogP contribution is 2.09. The first kappa shape index (κ1) is 20.2. The number of rotatable bonds is 14. The molecule has 0 saturated heterocycles. The second-order valence-corrected chi connectivity index (χ2v) is 6.32. The second kappa shape index (κ2) is 15.6. The van der Waals surface area contributed by atoms with Crippen molar-refractivity contribution in [3.05, 3.63) is 12.2 Å². The maximum absolute atomic E-state index is 11.5. The minimum Gasteiger partial charge on any atom is -0.466 e. The van der Waals surface area contributed by atoms with Gasteiger partial charge < -0.3 is 4.74 Å². The molecule has 0 aromatic heterocycles. The van der Waals surface area contributed by atoms with Gasteiger partial charge in [-0.05, 0) is 31.6 Å². The number of carbonyl (C=O) groups is 1. The fourth-order valence-corrected chi connectivity index (χ4v) is 2.22. The summed E-state index contributed by atoms with van der Waals surface area (Å²) in [7, 11) is 0. The van der Waals surface area contributed by atoms with Crippen molar-refractivity contribution in [2.24, 2.45) is 5.92 Å². The van der Waals surface area contributed by atoms with Gasteiger partial charge in [-0.25, -0.2) is 0 Å². The molecule has 2 heteroatoms. The van der Waals surface area contributed by atoms with Gasteiger partial charge in [-0.3, -0.25) is 4.79 Å². The van der Waals surface area contributed by atoms with Gasteiger partial charge in [-0.1, -0.05) is 71.4 Å². The van der Waals surface area contributed by atoms with Crippen molar-refractivity contribution in [1.82, 2.24) is 0 Å². The topological polar surface area (TPSA) is 26.3 Å². The molecule has 0 aliphatic carbocycles. The summed E-state index contributed by atoms with van der Waals surface area (Å²) in [5.41, 5.74) is 0. The molecule has 0 atom stereocenters. The predicted octanol–water partition coefficient (Wildman–Crippen LogP) is 6.05. The average molecular weight is 296 g/mol. The van der Waals surface area contributed by atoms with Crippen LogP contribution in [0.25, 0.3) is 0 Å². The van der Waals surface area contributed by atoms with Crippen molar-refractivity contribution in [2.75, 3.05) is 6.61 Å². The van der Waals surface area contributed by atoms with Gasteiger partial charge in [-0.15, -0.1) is 0 Å². The number of carbonyl (C=O) groups excluding carboxylic acids is 1. The summed E-state index contributed by atoms with van der Waals surface area (Å²) in [6, 6.07) is 0. The summed E-state index contributed by atoms with van der Waals surface area (Å²) >= 11 is 0. The van der Waals surface area contributed by atoms with Crippen LogP contribution in [0.2, 0.25) is 0 Å². The van der Waals surface area contributed by atoms with Crippen LogP contribution in [0.5, 0.6) is 0 Å². The molecular formula is C19H36O2. The quantitative estimate of drug-likeness (QED) is 0.221. The Morgan fingerprint density at radius 3 is 2.38 bits per heavy atom. The highest BCUT2D eigenvalue weighted by molar-refractivity contribution is 5.69. The Hall–Kier alpha value is -0.790. The zero-order valence-corrected chi connectivity index (χ0v) is 14.5. The predicted molar refractivity (Wildman–Crippen MR) is 91.4 cm³/mol. The van der Waals surface area contributed by atoms with E-state index in [0.717, 1.165) is 25.2 Å². The van der Waals surface area contributed by atoms with Crippen molar-refractivity contribution in [1.29, 1.82) is 0 Å². The van der Waals surface area contributed by atoms with Crippen LogP contribution in [-0.2, 0) is 9.53 Å². The van der Waals surface area contributed by atoms with Gasteiger partial charge in [0.05, 0.1) is 6.61 Å². The van der Waals surface area contributed by atoms with Crippen molar-refractivity contribution in [2.45, 2.75) is 91.4 Å². The molecular weight excluding hydrogens is 260 g/mol. The number of hydrogen-bond donors (Lipinski definition) is 0. The van der Waals surface area contributed by atoms with Crippen molar-refractivity contribution >= 4 is 5.97 Å². The van der Waals surface area contributed by atoms with Crippen LogP contribution in [0.1, 0.15) is 91.4 Å². The molecule has 0 aliphatic heterocycles. The van der Waals surface area contributed by atoms with Gasteiger partial charge >= 0.3 is 5.97 Å². The lowest BCUT2D eigenvalue weighted by atomic mass is 10.0. The van der Waals surface area contributed by atoms with Crippen LogP contribution in [0, 0.1) is 5.92 Å². The van der Waals surface area contributed by atoms with Crippen LogP contribution in [0.3, 0.4) is 0 Å². The fraction of sp³-hybridized carbons (Fsp3) is 0.842. The lowest BCUT2D eigenvalue weighted by Crippen LogP contribution is -2.05. The molecule has 124 valence electrons. The van der Waals surface area contributed by atoms with E-state index in [4.69, 9.17) is 4.74 Å². The standard InChI is InChI=1S/C19H36O2/c1-4-5-6-7-8-9-13-16-19(20)21-17-14-11-10-12-15-18(2)3/h8-9,18H,4-7,10-17H2,1-3H3. The van der Waals surface area contributed by atoms with Gasteiger partial charge in [0, 0.05) is 6.42 Å². The summed E-state index contributed by atoms with van der Waals surface area (Å²) < 4.78 is 5.24. The van der Waals surface area contributed by atoms with E-state index in [-0.39, 0.29) is 5.97 Å². The third kappa shape index (κ3) is 17.2. The molecule has 0 unspecified atom stereocenters. The smallest absolute Gasteiger partial charge is 0.306 e.